The highest BCUT2D eigenvalue weighted by molar-refractivity contribution is 6.32. The molecule has 0 spiro atoms. The molecule has 7 aliphatic heterocycles. The van der Waals surface area contributed by atoms with E-state index in [1.54, 1.807) is 13.8 Å². The smallest absolute Gasteiger partial charge is 0.330 e. The topological polar surface area (TPSA) is 568 Å². The molecule has 0 unspecified atom stereocenters. The van der Waals surface area contributed by atoms with Gasteiger partial charge in [-0.1, -0.05) is 110 Å². The number of hydrogen-bond donors (Lipinski definition) is 19. The van der Waals surface area contributed by atoms with E-state index in [9.17, 15) is 75.0 Å². The van der Waals surface area contributed by atoms with Crippen LogP contribution in [0.3, 0.4) is 0 Å². The van der Waals surface area contributed by atoms with Gasteiger partial charge in [-0.2, -0.15) is 0 Å². The molecule has 8 aromatic carbocycles. The van der Waals surface area contributed by atoms with Gasteiger partial charge >= 0.3 is 5.97 Å². The van der Waals surface area contributed by atoms with E-state index < -0.39 is 264 Å². The quantitative estimate of drug-likeness (QED) is 0.0549. The number of anilines is 2. The number of aliphatic hydroxyl groups excluding tert-OH is 6. The van der Waals surface area contributed by atoms with Gasteiger partial charge in [-0.25, -0.2) is 4.79 Å². The highest BCUT2D eigenvalue weighted by Gasteiger charge is 2.52. The number of carbonyl (C=O) groups excluding carboxylic acids is 7. The Morgan fingerprint density at radius 3 is 1.89 bits per heavy atom. The number of rotatable bonds is 18. The Morgan fingerprint density at radius 1 is 0.669 bits per heavy atom. The van der Waals surface area contributed by atoms with Gasteiger partial charge in [0.05, 0.1) is 35.3 Å². The predicted octanol–water partition coefficient (Wildman–Crippen LogP) is 2.90. The fourth-order valence-corrected chi connectivity index (χ4v) is 15.7. The summed E-state index contributed by atoms with van der Waals surface area (Å²) in [5.74, 6) is -17.2. The van der Waals surface area contributed by atoms with Gasteiger partial charge in [0.2, 0.25) is 53.4 Å². The molecule has 15 rings (SSSR count). The Balaban J connectivity index is 0.969. The van der Waals surface area contributed by atoms with Gasteiger partial charge in [0.25, 0.3) is 10.9 Å². The highest BCUT2D eigenvalue weighted by atomic mass is 35.5. The van der Waals surface area contributed by atoms with Crippen LogP contribution in [0.2, 0.25) is 10.0 Å². The van der Waals surface area contributed by atoms with Crippen LogP contribution in [0.15, 0.2) is 143 Å². The summed E-state index contributed by atoms with van der Waals surface area (Å²) >= 11 is 14.3. The van der Waals surface area contributed by atoms with E-state index in [1.807, 2.05) is 54.6 Å². The molecule has 0 aromatic heterocycles. The number of nitrogens with two attached hydrogens (primary N) is 2. The van der Waals surface area contributed by atoms with Crippen LogP contribution in [0.25, 0.3) is 22.3 Å². The molecule has 21 N–H and O–H groups in total. The number of hydrogen-bond acceptors (Lipinski definition) is 28. The summed E-state index contributed by atoms with van der Waals surface area (Å²) in [7, 11) is 1.36. The SMILES string of the molecule is CC(C)C[C@H](C(=O)N[C@H]1C(=O)N[C@@H](CC(N)=O)C(=O)N[C@H]2C(=O)N[C@H]3C(=O)N[C@H](C(=O)N[C@H](C(=O)O)c4cc(O)cc(O)c4-c4cc3ccc4O)[C@H](O)c3ccc(c(Cl)c3)Oc3cc2cc(c3O[C@@H]2O[C@H](CO)[C@@H](O)[C@H](O)[C@H]2O[C@H]2C[C@](C)(N)[C@H](O)[C@H](C)O2)Oc2ccc(cc2Cl)[C@H]1O)N(C)c1c(NCc2ccc(-c3ccccc3)cc2)c(=O)c1=O. The van der Waals surface area contributed by atoms with Gasteiger partial charge in [0, 0.05) is 48.3 Å². The normalized spacial score (nSPS) is 26.5. The molecule has 2 saturated heterocycles. The fraction of sp³-hybridized carbons (Fsp3) is 0.349. The van der Waals surface area contributed by atoms with Crippen molar-refractivity contribution in [2.75, 3.05) is 23.9 Å². The number of aliphatic carboxylic acids is 1. The molecule has 36 nitrogen and oxygen atoms in total. The van der Waals surface area contributed by atoms with Crippen LogP contribution in [-0.2, 0) is 59.1 Å². The standard InChI is InChI=1S/C83H86Cl2N10O26/c1-33(2)21-48(95(5)65-62(69(104)70(65)105)88-31-35-11-13-37(14-12-35)36-9-7-6-8-10-36)76(109)93-63-66(101)39-16-19-51(45(84)23-39)117-53-25-41-26-54(72(53)121-82-73(71(106)68(103)55(32-96)119-82)120-57-30-83(4,87)74(107)34(3)116-57)118-52-20-17-40(24-46(52)85)67(102)64-80(113)92-61(81(114)115)44-27-42(97)28-50(99)58(44)43-22-38(15-18-49(43)98)59(77(110)94-64)91-78(111)60(41)90-75(108)47(29-56(86)100)89-79(63)112/h6-20,22-28,33-34,47-48,55,57,59-61,63-64,66-68,71,73-74,82,88,96-99,101-103,106-107H,21,29-32,87H2,1-5H3,(H2,86,100)(H,89,112)(H,90,108)(H,91,111)(H,92,113)(H,93,109)(H,94,110)(H,114,115)/t34-,47-,48+,55+,57-,59+,60+,61-,63+,64-,66+,67+,68+,71-,73+,74+,82-,83-/m0/s1. The van der Waals surface area contributed by atoms with Crippen molar-refractivity contribution < 1.29 is 118 Å². The maximum atomic E-state index is 16.3. The van der Waals surface area contributed by atoms with Crippen molar-refractivity contribution in [3.63, 3.8) is 0 Å². The van der Waals surface area contributed by atoms with Crippen LogP contribution in [0.4, 0.5) is 11.4 Å². The lowest BCUT2D eigenvalue weighted by molar-refractivity contribution is -0.333. The van der Waals surface area contributed by atoms with Crippen LogP contribution in [0, 0.1) is 5.92 Å². The van der Waals surface area contributed by atoms with Crippen LogP contribution in [-0.4, -0.2) is 191 Å². The molecular formula is C83H86Cl2N10O26. The zero-order chi connectivity index (χ0) is 87.2. The number of likely N-dealkylation sites (N-methyl/N-ethyl adjacent to an activating group) is 1. The molecule has 0 radical (unpaired) electrons. The van der Waals surface area contributed by atoms with Gasteiger partial charge in [-0.3, -0.25) is 43.2 Å². The van der Waals surface area contributed by atoms with Crippen molar-refractivity contribution in [2.45, 2.75) is 163 Å². The fourth-order valence-electron chi connectivity index (χ4n) is 15.2. The molecule has 18 atom stereocenters. The maximum Gasteiger partial charge on any atom is 0.330 e. The van der Waals surface area contributed by atoms with Gasteiger partial charge in [-0.05, 0) is 120 Å². The Kier molecular flexibility index (Phi) is 25.3. The first kappa shape index (κ1) is 86.8. The molecule has 11 bridgehead atoms. The number of nitrogens with zero attached hydrogens (tertiary/aromatic N) is 1. The van der Waals surface area contributed by atoms with Gasteiger partial charge in [0.15, 0.2) is 29.9 Å². The number of carboxylic acid groups (broad SMARTS) is 1. The Labute approximate surface area is 697 Å². The summed E-state index contributed by atoms with van der Waals surface area (Å²) < 4.78 is 38.6. The number of nitrogens with one attached hydrogen (secondary N) is 7. The van der Waals surface area contributed by atoms with Gasteiger partial charge in [0.1, 0.15) is 107 Å². The third kappa shape index (κ3) is 18.1. The number of benzene rings is 7. The number of carboxylic acids is 1. The van der Waals surface area contributed by atoms with Gasteiger partial charge in [-0.15, -0.1) is 0 Å². The van der Waals surface area contributed by atoms with Crippen LogP contribution < -0.4 is 78.7 Å². The van der Waals surface area contributed by atoms with E-state index in [-0.39, 0.29) is 47.8 Å². The first-order valence-electron chi connectivity index (χ1n) is 38.1. The second kappa shape index (κ2) is 35.3. The summed E-state index contributed by atoms with van der Waals surface area (Å²) in [6, 6.07) is 14.9. The third-order valence-corrected chi connectivity index (χ3v) is 22.2. The lowest BCUT2D eigenvalue weighted by atomic mass is 9.86. The molecule has 8 aromatic rings. The largest absolute Gasteiger partial charge is 0.508 e. The zero-order valence-electron chi connectivity index (χ0n) is 65.0. The monoisotopic (exact) mass is 1710 g/mol. The average Bonchev–Trinajstić information content (AvgIpc) is 0.773. The number of primary amides is 1. The number of ether oxygens (including phenoxy) is 6. The Morgan fingerprint density at radius 2 is 1.28 bits per heavy atom. The molecule has 638 valence electrons. The molecule has 0 saturated carbocycles. The van der Waals surface area contributed by atoms with Crippen molar-refractivity contribution in [3.05, 3.63) is 197 Å². The number of fused-ring (bicyclic) bond motifs is 15. The van der Waals surface area contributed by atoms with E-state index >= 15 is 24.0 Å². The average molecular weight is 1710 g/mol. The molecule has 7 heterocycles. The van der Waals surface area contributed by atoms with E-state index in [1.165, 1.54) is 31.9 Å². The van der Waals surface area contributed by atoms with Crippen molar-refractivity contribution in [3.8, 4) is 68.2 Å². The first-order valence-corrected chi connectivity index (χ1v) is 38.9. The number of amides is 7. The molecule has 38 heteroatoms. The third-order valence-electron chi connectivity index (χ3n) is 21.6. The zero-order valence-corrected chi connectivity index (χ0v) is 66.5. The number of phenolic OH excluding ortho intramolecular Hbond substituents is 3. The van der Waals surface area contributed by atoms with E-state index in [4.69, 9.17) is 63.1 Å². The lowest BCUT2D eigenvalue weighted by Gasteiger charge is -2.47. The minimum absolute atomic E-state index is 0.0445. The van der Waals surface area contributed by atoms with Crippen molar-refractivity contribution in [2.24, 2.45) is 17.4 Å². The number of halogens is 2. The number of phenols is 3. The number of carbonyl (C=O) groups is 8. The Hall–Kier alpha value is -12.0. The summed E-state index contributed by atoms with van der Waals surface area (Å²) in [6.45, 7) is 5.47. The number of aromatic hydroxyl groups is 3. The van der Waals surface area contributed by atoms with E-state index in [2.05, 4.69) is 37.2 Å². The van der Waals surface area contributed by atoms with E-state index in [0.29, 0.717) is 5.56 Å². The lowest BCUT2D eigenvalue weighted by Crippen LogP contribution is -2.64. The minimum atomic E-state index is -2.43. The molecule has 7 aliphatic rings. The number of aliphatic hydroxyl groups is 6. The highest BCUT2D eigenvalue weighted by Crippen LogP contribution is 2.50. The molecule has 0 aliphatic carbocycles. The predicted molar refractivity (Wildman–Crippen MR) is 429 cm³/mol. The van der Waals surface area contributed by atoms with E-state index in [0.717, 1.165) is 83.9 Å². The first-order chi connectivity index (χ1) is 57.4. The summed E-state index contributed by atoms with van der Waals surface area (Å²) in [5, 5.41) is 132. The van der Waals surface area contributed by atoms with Crippen molar-refractivity contribution >= 4 is 81.9 Å². The van der Waals surface area contributed by atoms with Crippen molar-refractivity contribution in [1.82, 2.24) is 31.9 Å². The summed E-state index contributed by atoms with van der Waals surface area (Å²) in [5.41, 5.74) is 8.17. The second-order valence-electron chi connectivity index (χ2n) is 30.8. The van der Waals surface area contributed by atoms with Crippen LogP contribution in [0.5, 0.6) is 46.0 Å². The maximum absolute atomic E-state index is 16.3. The van der Waals surface area contributed by atoms with Crippen LogP contribution in [0.1, 0.15) is 111 Å². The minimum Gasteiger partial charge on any atom is -0.508 e. The Bertz CT molecular complexity index is 5440. The molecular weight excluding hydrogens is 1620 g/mol. The van der Waals surface area contributed by atoms with Crippen molar-refractivity contribution in [1.29, 1.82) is 0 Å². The molecule has 2 fully saturated rings. The second-order valence-corrected chi connectivity index (χ2v) is 31.6. The summed E-state index contributed by atoms with van der Waals surface area (Å²) in [4.78, 5) is 149. The van der Waals surface area contributed by atoms with Crippen LogP contribution >= 0.6 is 23.2 Å². The van der Waals surface area contributed by atoms with Gasteiger partial charge < -0.3 is 133 Å². The molecule has 121 heavy (non-hydrogen) atoms. The summed E-state index contributed by atoms with van der Waals surface area (Å²) in [6.07, 6.45) is -19.5. The molecule has 7 amide bonds.